The molecule has 3 nitrogen and oxygen atoms in total. The number of methoxy groups -OCH3 is 1. The van der Waals surface area contributed by atoms with E-state index in [0.717, 1.165) is 0 Å². The maximum atomic E-state index is 11.5. The molecule has 0 saturated heterocycles. The Balaban J connectivity index is 2.75. The minimum absolute atomic E-state index is 0.0446. The number of hydrogen-bond donors (Lipinski definition) is 0. The van der Waals surface area contributed by atoms with E-state index in [2.05, 4.69) is 4.74 Å². The molecule has 1 aromatic rings. The fraction of sp³-hybridized carbons (Fsp3) is 0.417. The van der Waals surface area contributed by atoms with Gasteiger partial charge in [0, 0.05) is 10.9 Å². The van der Waals surface area contributed by atoms with Crippen molar-refractivity contribution in [2.75, 3.05) is 7.11 Å². The summed E-state index contributed by atoms with van der Waals surface area (Å²) in [6.07, 6.45) is -0.592. The maximum absolute atomic E-state index is 11.5. The quantitative estimate of drug-likeness (QED) is 0.762. The molecule has 16 heavy (non-hydrogen) atoms. The molecule has 1 aromatic carbocycles. The van der Waals surface area contributed by atoms with E-state index in [1.807, 2.05) is 13.8 Å². The Labute approximate surface area is 100 Å². The van der Waals surface area contributed by atoms with Gasteiger partial charge in [0.1, 0.15) is 5.75 Å². The van der Waals surface area contributed by atoms with Gasteiger partial charge in [0.05, 0.1) is 7.11 Å². The lowest BCUT2D eigenvalue weighted by molar-refractivity contribution is -0.150. The molecule has 0 aromatic heterocycles. The van der Waals surface area contributed by atoms with Crippen molar-refractivity contribution < 1.29 is 14.3 Å². The summed E-state index contributed by atoms with van der Waals surface area (Å²) in [5, 5.41) is 0.631. The van der Waals surface area contributed by atoms with Crippen molar-refractivity contribution in [2.45, 2.75) is 20.0 Å². The SMILES string of the molecule is COC(=O)C(Oc1ccc(Cl)cc1)C(C)C. The summed E-state index contributed by atoms with van der Waals surface area (Å²) < 4.78 is 10.2. The Hall–Kier alpha value is -1.22. The third-order valence-corrected chi connectivity index (χ3v) is 2.37. The molecule has 0 heterocycles. The highest BCUT2D eigenvalue weighted by Crippen LogP contribution is 2.19. The number of rotatable bonds is 4. The van der Waals surface area contributed by atoms with Crippen molar-refractivity contribution >= 4 is 17.6 Å². The molecule has 4 heteroatoms. The predicted octanol–water partition coefficient (Wildman–Crippen LogP) is 2.92. The van der Waals surface area contributed by atoms with E-state index in [-0.39, 0.29) is 11.9 Å². The van der Waals surface area contributed by atoms with E-state index in [1.54, 1.807) is 24.3 Å². The topological polar surface area (TPSA) is 35.5 Å². The molecule has 1 atom stereocenters. The summed E-state index contributed by atoms with van der Waals surface area (Å²) in [5.41, 5.74) is 0. The van der Waals surface area contributed by atoms with Crippen LogP contribution in [0.3, 0.4) is 0 Å². The van der Waals surface area contributed by atoms with E-state index in [1.165, 1.54) is 7.11 Å². The van der Waals surface area contributed by atoms with Gasteiger partial charge in [0.2, 0.25) is 0 Å². The van der Waals surface area contributed by atoms with Crippen molar-refractivity contribution in [3.05, 3.63) is 29.3 Å². The van der Waals surface area contributed by atoms with Gasteiger partial charge in [-0.3, -0.25) is 0 Å². The smallest absolute Gasteiger partial charge is 0.347 e. The number of carbonyl (C=O) groups excluding carboxylic acids is 1. The zero-order chi connectivity index (χ0) is 12.1. The molecule has 0 bridgehead atoms. The lowest BCUT2D eigenvalue weighted by atomic mass is 10.1. The Morgan fingerprint density at radius 1 is 1.25 bits per heavy atom. The second-order valence-corrected chi connectivity index (χ2v) is 4.20. The van der Waals surface area contributed by atoms with Crippen LogP contribution in [0.2, 0.25) is 5.02 Å². The second-order valence-electron chi connectivity index (χ2n) is 3.76. The minimum atomic E-state index is -0.592. The summed E-state index contributed by atoms with van der Waals surface area (Å²) in [6, 6.07) is 6.87. The van der Waals surface area contributed by atoms with Crippen LogP contribution in [-0.4, -0.2) is 19.2 Å². The van der Waals surface area contributed by atoms with Gasteiger partial charge >= 0.3 is 5.97 Å². The van der Waals surface area contributed by atoms with E-state index in [0.29, 0.717) is 10.8 Å². The van der Waals surface area contributed by atoms with Crippen LogP contribution in [-0.2, 0) is 9.53 Å². The summed E-state index contributed by atoms with van der Waals surface area (Å²) >= 11 is 5.75. The van der Waals surface area contributed by atoms with Crippen molar-refractivity contribution in [1.82, 2.24) is 0 Å². The number of halogens is 1. The maximum Gasteiger partial charge on any atom is 0.347 e. The first-order chi connectivity index (χ1) is 7.54. The molecule has 0 aliphatic carbocycles. The van der Waals surface area contributed by atoms with E-state index in [4.69, 9.17) is 16.3 Å². The molecular formula is C12H15ClO3. The van der Waals surface area contributed by atoms with Gasteiger partial charge in [-0.25, -0.2) is 4.79 Å². The first-order valence-electron chi connectivity index (χ1n) is 5.04. The van der Waals surface area contributed by atoms with Gasteiger partial charge in [-0.05, 0) is 24.3 Å². The van der Waals surface area contributed by atoms with Crippen molar-refractivity contribution in [2.24, 2.45) is 5.92 Å². The lowest BCUT2D eigenvalue weighted by Crippen LogP contribution is -2.33. The molecule has 0 aliphatic rings. The minimum Gasteiger partial charge on any atom is -0.478 e. The zero-order valence-electron chi connectivity index (χ0n) is 9.57. The van der Waals surface area contributed by atoms with Crippen LogP contribution in [0.1, 0.15) is 13.8 Å². The van der Waals surface area contributed by atoms with Gasteiger partial charge in [-0.15, -0.1) is 0 Å². The molecular weight excluding hydrogens is 228 g/mol. The fourth-order valence-corrected chi connectivity index (χ4v) is 1.36. The Morgan fingerprint density at radius 2 is 1.81 bits per heavy atom. The van der Waals surface area contributed by atoms with Gasteiger partial charge < -0.3 is 9.47 Å². The van der Waals surface area contributed by atoms with E-state index in [9.17, 15) is 4.79 Å². The second kappa shape index (κ2) is 5.75. The molecule has 0 radical (unpaired) electrons. The monoisotopic (exact) mass is 242 g/mol. The number of esters is 1. The summed E-state index contributed by atoms with van der Waals surface area (Å²) in [7, 11) is 1.35. The molecule has 1 rings (SSSR count). The Kier molecular flexibility index (Phi) is 4.62. The summed E-state index contributed by atoms with van der Waals surface area (Å²) in [5.74, 6) is 0.279. The Morgan fingerprint density at radius 3 is 2.25 bits per heavy atom. The normalized spacial score (nSPS) is 12.3. The highest BCUT2D eigenvalue weighted by Gasteiger charge is 2.24. The number of carbonyl (C=O) groups is 1. The lowest BCUT2D eigenvalue weighted by Gasteiger charge is -2.19. The fourth-order valence-electron chi connectivity index (χ4n) is 1.23. The van der Waals surface area contributed by atoms with E-state index < -0.39 is 6.10 Å². The summed E-state index contributed by atoms with van der Waals surface area (Å²) in [6.45, 7) is 3.80. The van der Waals surface area contributed by atoms with Crippen LogP contribution in [0.4, 0.5) is 0 Å². The van der Waals surface area contributed by atoms with Crippen LogP contribution >= 0.6 is 11.6 Å². The van der Waals surface area contributed by atoms with Crippen LogP contribution in [0.15, 0.2) is 24.3 Å². The molecule has 0 N–H and O–H groups in total. The van der Waals surface area contributed by atoms with E-state index >= 15 is 0 Å². The van der Waals surface area contributed by atoms with Gasteiger partial charge in [-0.2, -0.15) is 0 Å². The van der Waals surface area contributed by atoms with Crippen LogP contribution in [0.25, 0.3) is 0 Å². The van der Waals surface area contributed by atoms with Crippen molar-refractivity contribution in [3.8, 4) is 5.75 Å². The molecule has 88 valence electrons. The third kappa shape index (κ3) is 3.42. The number of hydrogen-bond acceptors (Lipinski definition) is 3. The van der Waals surface area contributed by atoms with Gasteiger partial charge in [0.15, 0.2) is 6.10 Å². The van der Waals surface area contributed by atoms with Crippen molar-refractivity contribution in [3.63, 3.8) is 0 Å². The third-order valence-electron chi connectivity index (χ3n) is 2.12. The van der Waals surface area contributed by atoms with Crippen LogP contribution in [0.5, 0.6) is 5.75 Å². The zero-order valence-corrected chi connectivity index (χ0v) is 10.3. The molecule has 0 spiro atoms. The predicted molar refractivity (Wildman–Crippen MR) is 62.7 cm³/mol. The number of ether oxygens (including phenoxy) is 2. The molecule has 0 aliphatic heterocycles. The average molecular weight is 243 g/mol. The summed E-state index contributed by atoms with van der Waals surface area (Å²) in [4.78, 5) is 11.5. The molecule has 0 saturated carbocycles. The molecule has 0 fully saturated rings. The largest absolute Gasteiger partial charge is 0.478 e. The highest BCUT2D eigenvalue weighted by molar-refractivity contribution is 6.30. The first kappa shape index (κ1) is 12.8. The Bertz CT molecular complexity index is 346. The van der Waals surface area contributed by atoms with Crippen molar-refractivity contribution in [1.29, 1.82) is 0 Å². The van der Waals surface area contributed by atoms with Gasteiger partial charge in [0.25, 0.3) is 0 Å². The molecule has 0 amide bonds. The van der Waals surface area contributed by atoms with Gasteiger partial charge in [-0.1, -0.05) is 25.4 Å². The molecule has 1 unspecified atom stereocenters. The first-order valence-corrected chi connectivity index (χ1v) is 5.42. The highest BCUT2D eigenvalue weighted by atomic mass is 35.5. The average Bonchev–Trinajstić information content (AvgIpc) is 2.27. The van der Waals surface area contributed by atoms with Crippen LogP contribution < -0.4 is 4.74 Å². The number of benzene rings is 1. The van der Waals surface area contributed by atoms with Crippen LogP contribution in [0, 0.1) is 5.92 Å². The standard InChI is InChI=1S/C12H15ClO3/c1-8(2)11(12(14)15-3)16-10-6-4-9(13)5-7-10/h4-8,11H,1-3H3.